The highest BCUT2D eigenvalue weighted by atomic mass is 35.5. The summed E-state index contributed by atoms with van der Waals surface area (Å²) in [5.41, 5.74) is 1.26. The Hall–Kier alpha value is -1.03. The molecule has 0 radical (unpaired) electrons. The molecule has 0 saturated carbocycles. The maximum absolute atomic E-state index is 5.85. The molecule has 1 aromatic carbocycles. The third-order valence-corrected chi connectivity index (χ3v) is 4.17. The zero-order chi connectivity index (χ0) is 13.7. The lowest BCUT2D eigenvalue weighted by molar-refractivity contribution is 0.306. The van der Waals surface area contributed by atoms with Gasteiger partial charge >= 0.3 is 0 Å². The predicted molar refractivity (Wildman–Crippen MR) is 82.2 cm³/mol. The molecule has 0 amide bonds. The van der Waals surface area contributed by atoms with Crippen LogP contribution in [0.3, 0.4) is 0 Å². The van der Waals surface area contributed by atoms with Crippen molar-refractivity contribution < 1.29 is 4.74 Å². The second-order valence-corrected chi connectivity index (χ2v) is 6.09. The normalized spacial score (nSPS) is 10.7. The standard InChI is InChI=1S/C15H18ClNOS/c1-3-17-9-15-8-12(11(2)19-15)10-18-14-6-4-13(16)5-7-14/h4-8,17H,3,9-10H2,1-2H3. The van der Waals surface area contributed by atoms with E-state index in [9.17, 15) is 0 Å². The Balaban J connectivity index is 1.95. The largest absolute Gasteiger partial charge is 0.489 e. The van der Waals surface area contributed by atoms with Crippen LogP contribution in [0.4, 0.5) is 0 Å². The van der Waals surface area contributed by atoms with Gasteiger partial charge in [-0.2, -0.15) is 0 Å². The average molecular weight is 296 g/mol. The molecule has 4 heteroatoms. The summed E-state index contributed by atoms with van der Waals surface area (Å²) in [6.45, 7) is 6.79. The second-order valence-electron chi connectivity index (χ2n) is 4.32. The number of hydrogen-bond donors (Lipinski definition) is 1. The third kappa shape index (κ3) is 4.23. The molecule has 0 aliphatic rings. The van der Waals surface area contributed by atoms with E-state index in [0.717, 1.165) is 23.9 Å². The van der Waals surface area contributed by atoms with Crippen molar-refractivity contribution in [2.24, 2.45) is 0 Å². The molecule has 102 valence electrons. The molecule has 0 aliphatic heterocycles. The monoisotopic (exact) mass is 295 g/mol. The summed E-state index contributed by atoms with van der Waals surface area (Å²) in [5, 5.41) is 4.07. The lowest BCUT2D eigenvalue weighted by Crippen LogP contribution is -2.10. The van der Waals surface area contributed by atoms with E-state index in [1.165, 1.54) is 15.3 Å². The number of hydrogen-bond acceptors (Lipinski definition) is 3. The van der Waals surface area contributed by atoms with E-state index < -0.39 is 0 Å². The Morgan fingerprint density at radius 3 is 2.68 bits per heavy atom. The van der Waals surface area contributed by atoms with E-state index in [1.54, 1.807) is 0 Å². The van der Waals surface area contributed by atoms with Gasteiger partial charge in [0.25, 0.3) is 0 Å². The quantitative estimate of drug-likeness (QED) is 0.853. The molecule has 0 atom stereocenters. The van der Waals surface area contributed by atoms with Crippen molar-refractivity contribution in [3.8, 4) is 5.75 Å². The van der Waals surface area contributed by atoms with Crippen LogP contribution in [0.5, 0.6) is 5.75 Å². The third-order valence-electron chi connectivity index (χ3n) is 2.83. The molecule has 0 unspecified atom stereocenters. The molecule has 1 heterocycles. The summed E-state index contributed by atoms with van der Waals surface area (Å²) in [4.78, 5) is 2.68. The Kier molecular flexibility index (Phi) is 5.25. The molecule has 2 nitrogen and oxygen atoms in total. The van der Waals surface area contributed by atoms with Crippen molar-refractivity contribution in [3.63, 3.8) is 0 Å². The second kappa shape index (κ2) is 6.94. The first kappa shape index (κ1) is 14.4. The van der Waals surface area contributed by atoms with Gasteiger partial charge in [0.05, 0.1) is 0 Å². The van der Waals surface area contributed by atoms with Crippen molar-refractivity contribution in [3.05, 3.63) is 50.7 Å². The van der Waals surface area contributed by atoms with Crippen molar-refractivity contribution in [1.29, 1.82) is 0 Å². The summed E-state index contributed by atoms with van der Waals surface area (Å²) in [6.07, 6.45) is 0. The van der Waals surface area contributed by atoms with E-state index in [-0.39, 0.29) is 0 Å². The fourth-order valence-corrected chi connectivity index (χ4v) is 2.90. The first-order valence-corrected chi connectivity index (χ1v) is 7.55. The SMILES string of the molecule is CCNCc1cc(COc2ccc(Cl)cc2)c(C)s1. The number of benzene rings is 1. The highest BCUT2D eigenvalue weighted by Gasteiger charge is 2.06. The van der Waals surface area contributed by atoms with Crippen LogP contribution in [-0.2, 0) is 13.2 Å². The van der Waals surface area contributed by atoms with Crippen molar-refractivity contribution >= 4 is 22.9 Å². The van der Waals surface area contributed by atoms with Crippen molar-refractivity contribution in [2.75, 3.05) is 6.54 Å². The molecule has 0 bridgehead atoms. The molecular weight excluding hydrogens is 278 g/mol. The molecule has 2 aromatic rings. The minimum absolute atomic E-state index is 0.607. The number of thiophene rings is 1. The van der Waals surface area contributed by atoms with Crippen LogP contribution >= 0.6 is 22.9 Å². The molecular formula is C15H18ClNOS. The molecule has 1 aromatic heterocycles. The first-order chi connectivity index (χ1) is 9.19. The summed E-state index contributed by atoms with van der Waals surface area (Å²) in [6, 6.07) is 9.69. The van der Waals surface area contributed by atoms with Gasteiger partial charge in [-0.05, 0) is 43.8 Å². The Bertz CT molecular complexity index is 521. The summed E-state index contributed by atoms with van der Waals surface area (Å²) in [7, 11) is 0. The molecule has 0 saturated heterocycles. The fraction of sp³-hybridized carbons (Fsp3) is 0.333. The molecule has 0 spiro atoms. The Morgan fingerprint density at radius 2 is 2.00 bits per heavy atom. The zero-order valence-corrected chi connectivity index (χ0v) is 12.8. The van der Waals surface area contributed by atoms with E-state index in [4.69, 9.17) is 16.3 Å². The maximum atomic E-state index is 5.85. The van der Waals surface area contributed by atoms with Gasteiger partial charge in [0, 0.05) is 26.9 Å². The maximum Gasteiger partial charge on any atom is 0.119 e. The number of nitrogens with one attached hydrogen (secondary N) is 1. The van der Waals surface area contributed by atoms with Crippen LogP contribution in [0.1, 0.15) is 22.2 Å². The van der Waals surface area contributed by atoms with Crippen LogP contribution in [0.2, 0.25) is 5.02 Å². The summed E-state index contributed by atoms with van der Waals surface area (Å²) in [5.74, 6) is 0.850. The van der Waals surface area contributed by atoms with Gasteiger partial charge in [-0.3, -0.25) is 0 Å². The van der Waals surface area contributed by atoms with Gasteiger partial charge in [0.15, 0.2) is 0 Å². The van der Waals surface area contributed by atoms with Crippen LogP contribution in [0, 0.1) is 6.92 Å². The zero-order valence-electron chi connectivity index (χ0n) is 11.2. The number of rotatable bonds is 6. The summed E-state index contributed by atoms with van der Waals surface area (Å²) >= 11 is 7.67. The van der Waals surface area contributed by atoms with Gasteiger partial charge in [-0.1, -0.05) is 18.5 Å². The predicted octanol–water partition coefficient (Wildman–Crippen LogP) is 4.40. The average Bonchev–Trinajstić information content (AvgIpc) is 2.76. The molecule has 2 rings (SSSR count). The van der Waals surface area contributed by atoms with Crippen LogP contribution in [0.15, 0.2) is 30.3 Å². The van der Waals surface area contributed by atoms with Gasteiger partial charge in [-0.15, -0.1) is 11.3 Å². The van der Waals surface area contributed by atoms with Gasteiger partial charge < -0.3 is 10.1 Å². The fourth-order valence-electron chi connectivity index (χ4n) is 1.76. The van der Waals surface area contributed by atoms with E-state index in [2.05, 4.69) is 25.2 Å². The number of aryl methyl sites for hydroxylation is 1. The van der Waals surface area contributed by atoms with Crippen LogP contribution in [-0.4, -0.2) is 6.54 Å². The van der Waals surface area contributed by atoms with E-state index in [0.29, 0.717) is 6.61 Å². The number of ether oxygens (including phenoxy) is 1. The molecule has 0 fully saturated rings. The Morgan fingerprint density at radius 1 is 1.26 bits per heavy atom. The van der Waals surface area contributed by atoms with Crippen molar-refractivity contribution in [1.82, 2.24) is 5.32 Å². The van der Waals surface area contributed by atoms with Gasteiger partial charge in [0.2, 0.25) is 0 Å². The van der Waals surface area contributed by atoms with E-state index >= 15 is 0 Å². The molecule has 0 aliphatic carbocycles. The minimum atomic E-state index is 0.607. The smallest absolute Gasteiger partial charge is 0.119 e. The van der Waals surface area contributed by atoms with Crippen molar-refractivity contribution in [2.45, 2.75) is 27.0 Å². The number of halogens is 1. The van der Waals surface area contributed by atoms with Gasteiger partial charge in [0.1, 0.15) is 12.4 Å². The minimum Gasteiger partial charge on any atom is -0.489 e. The highest BCUT2D eigenvalue weighted by molar-refractivity contribution is 7.12. The van der Waals surface area contributed by atoms with Gasteiger partial charge in [-0.25, -0.2) is 0 Å². The first-order valence-electron chi connectivity index (χ1n) is 6.36. The molecule has 1 N–H and O–H groups in total. The van der Waals surface area contributed by atoms with Crippen LogP contribution < -0.4 is 10.1 Å². The highest BCUT2D eigenvalue weighted by Crippen LogP contribution is 2.23. The Labute approximate surface area is 123 Å². The lowest BCUT2D eigenvalue weighted by atomic mass is 10.2. The topological polar surface area (TPSA) is 21.3 Å². The molecule has 19 heavy (non-hydrogen) atoms. The van der Waals surface area contributed by atoms with Crippen LogP contribution in [0.25, 0.3) is 0 Å². The van der Waals surface area contributed by atoms with E-state index in [1.807, 2.05) is 35.6 Å². The summed E-state index contributed by atoms with van der Waals surface area (Å²) < 4.78 is 5.77. The lowest BCUT2D eigenvalue weighted by Gasteiger charge is -2.05.